The van der Waals surface area contributed by atoms with E-state index in [1.165, 1.54) is 21.9 Å². The third kappa shape index (κ3) is 5.37. The number of sulfonamides is 1. The van der Waals surface area contributed by atoms with Crippen molar-refractivity contribution in [3.8, 4) is 17.5 Å². The van der Waals surface area contributed by atoms with Crippen molar-refractivity contribution in [2.24, 2.45) is 0 Å². The quantitative estimate of drug-likeness (QED) is 0.517. The van der Waals surface area contributed by atoms with Crippen LogP contribution in [0, 0.1) is 11.3 Å². The number of rotatable bonds is 6. The number of piperazine rings is 1. The second-order valence-electron chi connectivity index (χ2n) is 7.14. The van der Waals surface area contributed by atoms with Crippen LogP contribution in [0.1, 0.15) is 10.6 Å². The van der Waals surface area contributed by atoms with Crippen LogP contribution >= 0.6 is 22.9 Å². The highest BCUT2D eigenvalue weighted by molar-refractivity contribution is 7.88. The molecule has 0 radical (unpaired) electrons. The molecule has 13 heteroatoms. The Morgan fingerprint density at radius 3 is 2.72 bits per heavy atom. The lowest BCUT2D eigenvalue weighted by atomic mass is 10.2. The average Bonchev–Trinajstić information content (AvgIpc) is 3.22. The maximum absolute atomic E-state index is 11.7. The van der Waals surface area contributed by atoms with Gasteiger partial charge in [-0.2, -0.15) is 9.57 Å². The first-order valence-electron chi connectivity index (χ1n) is 9.60. The van der Waals surface area contributed by atoms with Crippen molar-refractivity contribution >= 4 is 44.6 Å². The van der Waals surface area contributed by atoms with Crippen molar-refractivity contribution in [3.05, 3.63) is 45.6 Å². The molecule has 1 aliphatic heterocycles. The number of nitriles is 1. The van der Waals surface area contributed by atoms with Gasteiger partial charge in [-0.1, -0.05) is 11.6 Å². The van der Waals surface area contributed by atoms with Crippen LogP contribution in [-0.2, 0) is 16.6 Å². The minimum atomic E-state index is -3.17. The predicted octanol–water partition coefficient (Wildman–Crippen LogP) is 2.34. The van der Waals surface area contributed by atoms with Crippen LogP contribution in [0.2, 0.25) is 5.15 Å². The number of hydrogen-bond donors (Lipinski definition) is 1. The first-order valence-corrected chi connectivity index (χ1v) is 12.7. The van der Waals surface area contributed by atoms with Crippen LogP contribution in [0.25, 0.3) is 11.4 Å². The molecule has 4 rings (SSSR count). The highest BCUT2D eigenvalue weighted by atomic mass is 35.5. The Kier molecular flexibility index (Phi) is 6.63. The van der Waals surface area contributed by atoms with Crippen LogP contribution in [0.15, 0.2) is 29.9 Å². The van der Waals surface area contributed by atoms with Gasteiger partial charge in [0.05, 0.1) is 23.2 Å². The van der Waals surface area contributed by atoms with Crippen LogP contribution in [0.4, 0.5) is 11.6 Å². The number of halogens is 1. The molecule has 0 aromatic carbocycles. The highest BCUT2D eigenvalue weighted by Gasteiger charge is 2.23. The second-order valence-corrected chi connectivity index (χ2v) is 10.4. The molecule has 1 fully saturated rings. The number of anilines is 2. The van der Waals surface area contributed by atoms with Crippen molar-refractivity contribution in [1.29, 1.82) is 5.26 Å². The predicted molar refractivity (Wildman–Crippen MR) is 122 cm³/mol. The van der Waals surface area contributed by atoms with Crippen LogP contribution in [-0.4, -0.2) is 70.0 Å². The van der Waals surface area contributed by atoms with Crippen LogP contribution < -0.4 is 5.32 Å². The van der Waals surface area contributed by atoms with Crippen molar-refractivity contribution in [2.75, 3.05) is 37.8 Å². The average molecular weight is 491 g/mol. The zero-order valence-electron chi connectivity index (χ0n) is 17.1. The maximum Gasteiger partial charge on any atom is 0.227 e. The Morgan fingerprint density at radius 2 is 2.00 bits per heavy atom. The van der Waals surface area contributed by atoms with E-state index >= 15 is 0 Å². The van der Waals surface area contributed by atoms with Crippen molar-refractivity contribution in [3.63, 3.8) is 0 Å². The highest BCUT2D eigenvalue weighted by Crippen LogP contribution is 2.25. The van der Waals surface area contributed by atoms with Gasteiger partial charge < -0.3 is 5.32 Å². The Bertz CT molecular complexity index is 1270. The van der Waals surface area contributed by atoms with Gasteiger partial charge in [0, 0.05) is 44.6 Å². The molecule has 1 aliphatic rings. The van der Waals surface area contributed by atoms with E-state index in [2.05, 4.69) is 36.2 Å². The van der Waals surface area contributed by atoms with Crippen LogP contribution in [0.3, 0.4) is 0 Å². The third-order valence-corrected chi connectivity index (χ3v) is 7.08. The van der Waals surface area contributed by atoms with Crippen LogP contribution in [0.5, 0.6) is 0 Å². The molecular weight excluding hydrogens is 472 g/mol. The molecule has 0 saturated carbocycles. The van der Waals surface area contributed by atoms with Gasteiger partial charge in [0.15, 0.2) is 0 Å². The van der Waals surface area contributed by atoms with Crippen molar-refractivity contribution in [2.45, 2.75) is 6.54 Å². The van der Waals surface area contributed by atoms with Gasteiger partial charge in [0.25, 0.3) is 0 Å². The summed E-state index contributed by atoms with van der Waals surface area (Å²) < 4.78 is 24.9. The fourth-order valence-corrected chi connectivity index (χ4v) is 4.98. The number of aromatic nitrogens is 4. The zero-order chi connectivity index (χ0) is 22.7. The molecule has 0 bridgehead atoms. The van der Waals surface area contributed by atoms with E-state index in [-0.39, 0.29) is 0 Å². The first-order chi connectivity index (χ1) is 15.3. The molecule has 0 aliphatic carbocycles. The minimum absolute atomic E-state index is 0.321. The van der Waals surface area contributed by atoms with E-state index in [0.29, 0.717) is 65.8 Å². The third-order valence-electron chi connectivity index (χ3n) is 4.86. The molecule has 10 nitrogen and oxygen atoms in total. The summed E-state index contributed by atoms with van der Waals surface area (Å²) in [6.07, 6.45) is 2.82. The van der Waals surface area contributed by atoms with E-state index in [4.69, 9.17) is 11.6 Å². The molecule has 3 aromatic heterocycles. The fraction of sp³-hybridized carbons (Fsp3) is 0.316. The summed E-state index contributed by atoms with van der Waals surface area (Å²) in [7, 11) is -3.17. The zero-order valence-corrected chi connectivity index (χ0v) is 19.5. The van der Waals surface area contributed by atoms with Crippen molar-refractivity contribution in [1.82, 2.24) is 29.1 Å². The molecule has 1 saturated heterocycles. The smallest absolute Gasteiger partial charge is 0.227 e. The van der Waals surface area contributed by atoms with E-state index in [1.807, 2.05) is 6.07 Å². The Hall–Kier alpha value is -2.69. The Labute approximate surface area is 194 Å². The Morgan fingerprint density at radius 1 is 1.22 bits per heavy atom. The number of nitrogens with one attached hydrogen (secondary N) is 1. The molecule has 3 aromatic rings. The summed E-state index contributed by atoms with van der Waals surface area (Å²) in [5.41, 5.74) is 4.09. The summed E-state index contributed by atoms with van der Waals surface area (Å²) in [4.78, 5) is 19.9. The Balaban J connectivity index is 1.47. The van der Waals surface area contributed by atoms with Gasteiger partial charge in [-0.25, -0.2) is 28.4 Å². The van der Waals surface area contributed by atoms with Gasteiger partial charge in [0.1, 0.15) is 21.8 Å². The first kappa shape index (κ1) is 22.5. The number of nitrogens with zero attached hydrogens (tertiary/aromatic N) is 7. The second kappa shape index (κ2) is 9.43. The SMILES string of the molecule is CS(=O)(=O)N1CCN(Cc2cc(Nc3nccc(-c4ncsc4C#N)n3)cc(Cl)n2)CC1. The largest absolute Gasteiger partial charge is 0.324 e. The van der Waals surface area contributed by atoms with Gasteiger partial charge >= 0.3 is 0 Å². The molecule has 1 N–H and O–H groups in total. The molecule has 0 spiro atoms. The van der Waals surface area contributed by atoms with Gasteiger partial charge in [-0.3, -0.25) is 4.90 Å². The van der Waals surface area contributed by atoms with Gasteiger partial charge in [-0.05, 0) is 18.2 Å². The molecule has 166 valence electrons. The molecule has 0 atom stereocenters. The van der Waals surface area contributed by atoms with E-state index in [9.17, 15) is 13.7 Å². The van der Waals surface area contributed by atoms with E-state index in [1.54, 1.807) is 23.8 Å². The summed E-state index contributed by atoms with van der Waals surface area (Å²) in [5, 5.41) is 12.7. The standard InChI is InChI=1S/C19H19ClN8O2S2/c1-32(29,30)28-6-4-27(5-7-28)11-14-8-13(9-17(20)24-14)25-19-22-3-2-15(26-19)18-16(10-21)31-12-23-18/h2-3,8-9,12H,4-7,11H2,1H3,(H,22,24,25,26). The fourth-order valence-electron chi connectivity index (χ4n) is 3.34. The lowest BCUT2D eigenvalue weighted by Crippen LogP contribution is -2.47. The number of pyridine rings is 1. The summed E-state index contributed by atoms with van der Waals surface area (Å²) >= 11 is 7.48. The number of hydrogen-bond acceptors (Lipinski definition) is 10. The van der Waals surface area contributed by atoms with E-state index < -0.39 is 10.0 Å². The monoisotopic (exact) mass is 490 g/mol. The molecule has 0 unspecified atom stereocenters. The summed E-state index contributed by atoms with van der Waals surface area (Å²) in [6, 6.07) is 7.34. The van der Waals surface area contributed by atoms with Gasteiger partial charge in [0.2, 0.25) is 16.0 Å². The lowest BCUT2D eigenvalue weighted by Gasteiger charge is -2.33. The lowest BCUT2D eigenvalue weighted by molar-refractivity contribution is 0.180. The number of thiazole rings is 1. The molecule has 0 amide bonds. The minimum Gasteiger partial charge on any atom is -0.324 e. The van der Waals surface area contributed by atoms with Crippen molar-refractivity contribution < 1.29 is 8.42 Å². The molecular formula is C19H19ClN8O2S2. The summed E-state index contributed by atoms with van der Waals surface area (Å²) in [5.74, 6) is 0.342. The summed E-state index contributed by atoms with van der Waals surface area (Å²) in [6.45, 7) is 2.67. The van der Waals surface area contributed by atoms with E-state index in [0.717, 1.165) is 5.69 Å². The molecule has 32 heavy (non-hydrogen) atoms. The normalized spacial score (nSPS) is 15.4. The molecule has 4 heterocycles. The maximum atomic E-state index is 11.7. The van der Waals surface area contributed by atoms with Gasteiger partial charge in [-0.15, -0.1) is 11.3 Å². The topological polar surface area (TPSA) is 128 Å².